The Morgan fingerprint density at radius 2 is 1.95 bits per heavy atom. The van der Waals surface area contributed by atoms with Crippen LogP contribution < -0.4 is 10.6 Å². The smallest absolute Gasteiger partial charge is 0.305 e. The third-order valence-electron chi connectivity index (χ3n) is 2.57. The molecule has 0 saturated carbocycles. The first kappa shape index (κ1) is 17.2. The molecule has 0 aliphatic carbocycles. The second-order valence-electron chi connectivity index (χ2n) is 4.35. The van der Waals surface area contributed by atoms with Crippen molar-refractivity contribution in [2.75, 3.05) is 37.4 Å². The summed E-state index contributed by atoms with van der Waals surface area (Å²) >= 11 is 0. The van der Waals surface area contributed by atoms with E-state index in [1.807, 2.05) is 13.0 Å². The standard InChI is InChI=1S/C14H24N4O3/c1-4-15-11-9-12(18-13(17-11)10-20-3)16-8-6-7-14(19)21-5-2/h9H,4-8,10H2,1-3H3,(H2,15,16,17,18). The summed E-state index contributed by atoms with van der Waals surface area (Å²) in [6, 6.07) is 1.84. The molecule has 0 amide bonds. The molecule has 1 aromatic rings. The molecule has 0 aromatic carbocycles. The van der Waals surface area contributed by atoms with Gasteiger partial charge in [0.15, 0.2) is 5.82 Å². The van der Waals surface area contributed by atoms with Crippen LogP contribution in [0.3, 0.4) is 0 Å². The fraction of sp³-hybridized carbons (Fsp3) is 0.643. The van der Waals surface area contributed by atoms with E-state index in [0.29, 0.717) is 38.4 Å². The van der Waals surface area contributed by atoms with Crippen molar-refractivity contribution in [1.29, 1.82) is 0 Å². The lowest BCUT2D eigenvalue weighted by Crippen LogP contribution is -2.11. The van der Waals surface area contributed by atoms with Crippen LogP contribution in [0.25, 0.3) is 0 Å². The summed E-state index contributed by atoms with van der Waals surface area (Å²) in [4.78, 5) is 19.9. The highest BCUT2D eigenvalue weighted by Crippen LogP contribution is 2.12. The number of esters is 1. The molecule has 0 spiro atoms. The quantitative estimate of drug-likeness (QED) is 0.503. The fourth-order valence-corrected chi connectivity index (χ4v) is 1.74. The Kier molecular flexibility index (Phi) is 8.11. The van der Waals surface area contributed by atoms with E-state index in [9.17, 15) is 4.79 Å². The fourth-order valence-electron chi connectivity index (χ4n) is 1.74. The monoisotopic (exact) mass is 296 g/mol. The molecular formula is C14H24N4O3. The van der Waals surface area contributed by atoms with Gasteiger partial charge in [-0.05, 0) is 20.3 Å². The number of carbonyl (C=O) groups excluding carboxylic acids is 1. The van der Waals surface area contributed by atoms with E-state index >= 15 is 0 Å². The first-order chi connectivity index (χ1) is 10.2. The summed E-state index contributed by atoms with van der Waals surface area (Å²) in [7, 11) is 1.61. The van der Waals surface area contributed by atoms with Gasteiger partial charge in [-0.1, -0.05) is 0 Å². The Morgan fingerprint density at radius 3 is 2.57 bits per heavy atom. The van der Waals surface area contributed by atoms with Gasteiger partial charge >= 0.3 is 5.97 Å². The van der Waals surface area contributed by atoms with Crippen LogP contribution in [0.15, 0.2) is 6.07 Å². The molecule has 0 unspecified atom stereocenters. The number of methoxy groups -OCH3 is 1. The van der Waals surface area contributed by atoms with Gasteiger partial charge < -0.3 is 20.1 Å². The van der Waals surface area contributed by atoms with Crippen molar-refractivity contribution < 1.29 is 14.3 Å². The maximum Gasteiger partial charge on any atom is 0.305 e. The van der Waals surface area contributed by atoms with Gasteiger partial charge in [0.1, 0.15) is 18.2 Å². The van der Waals surface area contributed by atoms with E-state index in [1.54, 1.807) is 14.0 Å². The van der Waals surface area contributed by atoms with Crippen LogP contribution in [0.1, 0.15) is 32.5 Å². The van der Waals surface area contributed by atoms with Crippen LogP contribution in [0.2, 0.25) is 0 Å². The molecule has 1 aromatic heterocycles. The zero-order chi connectivity index (χ0) is 15.5. The summed E-state index contributed by atoms with van der Waals surface area (Å²) in [5.74, 6) is 1.92. The highest BCUT2D eigenvalue weighted by atomic mass is 16.5. The third-order valence-corrected chi connectivity index (χ3v) is 2.57. The topological polar surface area (TPSA) is 85.4 Å². The highest BCUT2D eigenvalue weighted by molar-refractivity contribution is 5.69. The number of hydrogen-bond acceptors (Lipinski definition) is 7. The van der Waals surface area contributed by atoms with Crippen molar-refractivity contribution in [3.05, 3.63) is 11.9 Å². The lowest BCUT2D eigenvalue weighted by molar-refractivity contribution is -0.143. The molecule has 118 valence electrons. The number of carbonyl (C=O) groups is 1. The normalized spacial score (nSPS) is 10.2. The van der Waals surface area contributed by atoms with E-state index in [-0.39, 0.29) is 5.97 Å². The number of rotatable bonds is 10. The number of ether oxygens (including phenoxy) is 2. The number of aromatic nitrogens is 2. The Morgan fingerprint density at radius 1 is 1.24 bits per heavy atom. The molecule has 21 heavy (non-hydrogen) atoms. The average Bonchev–Trinajstić information content (AvgIpc) is 2.44. The zero-order valence-electron chi connectivity index (χ0n) is 12.9. The van der Waals surface area contributed by atoms with Gasteiger partial charge in [-0.2, -0.15) is 0 Å². The summed E-state index contributed by atoms with van der Waals surface area (Å²) in [5.41, 5.74) is 0. The van der Waals surface area contributed by atoms with Crippen LogP contribution in [-0.2, 0) is 20.9 Å². The van der Waals surface area contributed by atoms with Crippen LogP contribution in [0.5, 0.6) is 0 Å². The van der Waals surface area contributed by atoms with Crippen molar-refractivity contribution in [2.45, 2.75) is 33.3 Å². The molecule has 7 nitrogen and oxygen atoms in total. The number of nitrogens with one attached hydrogen (secondary N) is 2. The van der Waals surface area contributed by atoms with Crippen molar-refractivity contribution in [1.82, 2.24) is 9.97 Å². The zero-order valence-corrected chi connectivity index (χ0v) is 12.9. The van der Waals surface area contributed by atoms with Gasteiger partial charge in [-0.15, -0.1) is 0 Å². The lowest BCUT2D eigenvalue weighted by atomic mass is 10.3. The summed E-state index contributed by atoms with van der Waals surface area (Å²) < 4.78 is 9.94. The number of anilines is 2. The van der Waals surface area contributed by atoms with Crippen molar-refractivity contribution in [3.8, 4) is 0 Å². The lowest BCUT2D eigenvalue weighted by Gasteiger charge is -2.10. The highest BCUT2D eigenvalue weighted by Gasteiger charge is 2.05. The molecule has 0 atom stereocenters. The first-order valence-corrected chi connectivity index (χ1v) is 7.19. The van der Waals surface area contributed by atoms with Crippen molar-refractivity contribution >= 4 is 17.6 Å². The minimum atomic E-state index is -0.171. The van der Waals surface area contributed by atoms with E-state index < -0.39 is 0 Å². The molecule has 2 N–H and O–H groups in total. The largest absolute Gasteiger partial charge is 0.466 e. The Bertz CT molecular complexity index is 416. The van der Waals surface area contributed by atoms with Gasteiger partial charge in [0.2, 0.25) is 0 Å². The summed E-state index contributed by atoms with van der Waals surface area (Å²) in [5, 5.41) is 6.34. The molecule has 1 rings (SSSR count). The SMILES string of the molecule is CCNc1cc(NCCCC(=O)OCC)nc(COC)n1. The van der Waals surface area contributed by atoms with E-state index in [4.69, 9.17) is 9.47 Å². The second kappa shape index (κ2) is 9.93. The van der Waals surface area contributed by atoms with E-state index in [2.05, 4.69) is 20.6 Å². The molecule has 0 bridgehead atoms. The van der Waals surface area contributed by atoms with Crippen LogP contribution in [-0.4, -0.2) is 42.7 Å². The van der Waals surface area contributed by atoms with Crippen LogP contribution in [0.4, 0.5) is 11.6 Å². The first-order valence-electron chi connectivity index (χ1n) is 7.19. The van der Waals surface area contributed by atoms with E-state index in [0.717, 1.165) is 18.2 Å². The predicted molar refractivity (Wildman–Crippen MR) is 81.3 cm³/mol. The molecule has 1 heterocycles. The molecule has 7 heteroatoms. The minimum Gasteiger partial charge on any atom is -0.466 e. The summed E-state index contributed by atoms with van der Waals surface area (Å²) in [6.07, 6.45) is 1.09. The number of nitrogens with zero attached hydrogens (tertiary/aromatic N) is 2. The molecular weight excluding hydrogens is 272 g/mol. The molecule has 0 radical (unpaired) electrons. The third kappa shape index (κ3) is 6.89. The molecule has 0 aliphatic rings. The van der Waals surface area contributed by atoms with Gasteiger partial charge in [-0.3, -0.25) is 4.79 Å². The van der Waals surface area contributed by atoms with Gasteiger partial charge in [0.05, 0.1) is 6.61 Å². The van der Waals surface area contributed by atoms with Gasteiger partial charge in [-0.25, -0.2) is 9.97 Å². The van der Waals surface area contributed by atoms with Gasteiger partial charge in [0.25, 0.3) is 0 Å². The Labute approximate surface area is 125 Å². The minimum absolute atomic E-state index is 0.171. The second-order valence-corrected chi connectivity index (χ2v) is 4.35. The molecule has 0 fully saturated rings. The maximum absolute atomic E-state index is 11.2. The van der Waals surface area contributed by atoms with E-state index in [1.165, 1.54) is 0 Å². The molecule has 0 aliphatic heterocycles. The number of hydrogen-bond donors (Lipinski definition) is 2. The maximum atomic E-state index is 11.2. The Balaban J connectivity index is 2.50. The summed E-state index contributed by atoms with van der Waals surface area (Å²) in [6.45, 7) is 6.02. The molecule has 0 saturated heterocycles. The average molecular weight is 296 g/mol. The van der Waals surface area contributed by atoms with Crippen molar-refractivity contribution in [2.24, 2.45) is 0 Å². The van der Waals surface area contributed by atoms with Crippen molar-refractivity contribution in [3.63, 3.8) is 0 Å². The predicted octanol–water partition coefficient (Wildman–Crippen LogP) is 1.81. The Hall–Kier alpha value is -1.89. The van der Waals surface area contributed by atoms with Gasteiger partial charge in [0, 0.05) is 32.7 Å². The van der Waals surface area contributed by atoms with Crippen LogP contribution >= 0.6 is 0 Å². The van der Waals surface area contributed by atoms with Crippen LogP contribution in [0, 0.1) is 0 Å².